The maximum atomic E-state index is 13.5. The van der Waals surface area contributed by atoms with Crippen LogP contribution in [-0.2, 0) is 16.0 Å². The van der Waals surface area contributed by atoms with E-state index in [4.69, 9.17) is 4.74 Å². The van der Waals surface area contributed by atoms with Crippen molar-refractivity contribution in [3.63, 3.8) is 0 Å². The van der Waals surface area contributed by atoms with Gasteiger partial charge in [0.25, 0.3) is 0 Å². The summed E-state index contributed by atoms with van der Waals surface area (Å²) in [5.41, 5.74) is 1.20. The Hall–Kier alpha value is -2.47. The molecule has 0 saturated carbocycles. The summed E-state index contributed by atoms with van der Waals surface area (Å²) in [5.74, 6) is -0.264. The summed E-state index contributed by atoms with van der Waals surface area (Å²) in [6, 6.07) is 9.71. The zero-order chi connectivity index (χ0) is 15.8. The molecule has 5 nitrogen and oxygen atoms in total. The average molecular weight is 303 g/mol. The van der Waals surface area contributed by atoms with E-state index in [1.807, 2.05) is 0 Å². The lowest BCUT2D eigenvalue weighted by molar-refractivity contribution is -0.115. The molecular weight excluding hydrogens is 285 g/mol. The highest BCUT2D eigenvalue weighted by Gasteiger charge is 2.08. The molecule has 0 fully saturated rings. The molecule has 0 aliphatic carbocycles. The minimum absolute atomic E-state index is 0.0256. The van der Waals surface area contributed by atoms with Crippen LogP contribution in [0.4, 0.5) is 15.9 Å². The SMILES string of the molecule is COCCNc1ccc(NC(=O)Cc2ccccc2F)nc1. The molecular formula is C16H18FN3O2. The number of ether oxygens (including phenoxy) is 1. The van der Waals surface area contributed by atoms with E-state index >= 15 is 0 Å². The minimum atomic E-state index is -0.386. The number of pyridine rings is 1. The predicted octanol–water partition coefficient (Wildman–Crippen LogP) is 2.46. The maximum absolute atomic E-state index is 13.5. The fraction of sp³-hybridized carbons (Fsp3) is 0.250. The smallest absolute Gasteiger partial charge is 0.230 e. The van der Waals surface area contributed by atoms with E-state index in [1.165, 1.54) is 6.07 Å². The van der Waals surface area contributed by atoms with E-state index in [1.54, 1.807) is 43.6 Å². The van der Waals surface area contributed by atoms with Gasteiger partial charge in [-0.1, -0.05) is 18.2 Å². The Morgan fingerprint density at radius 3 is 2.77 bits per heavy atom. The molecule has 0 aliphatic rings. The van der Waals surface area contributed by atoms with E-state index in [9.17, 15) is 9.18 Å². The van der Waals surface area contributed by atoms with Gasteiger partial charge in [0.2, 0.25) is 5.91 Å². The van der Waals surface area contributed by atoms with Crippen LogP contribution in [0.15, 0.2) is 42.6 Å². The van der Waals surface area contributed by atoms with Crippen molar-refractivity contribution in [2.24, 2.45) is 0 Å². The largest absolute Gasteiger partial charge is 0.383 e. The molecule has 1 aromatic carbocycles. The highest BCUT2D eigenvalue weighted by Crippen LogP contribution is 2.11. The zero-order valence-electron chi connectivity index (χ0n) is 12.3. The minimum Gasteiger partial charge on any atom is -0.383 e. The summed E-state index contributed by atoms with van der Waals surface area (Å²) in [6.45, 7) is 1.28. The Bertz CT molecular complexity index is 617. The van der Waals surface area contributed by atoms with Gasteiger partial charge in [-0.05, 0) is 23.8 Å². The van der Waals surface area contributed by atoms with Crippen molar-refractivity contribution >= 4 is 17.4 Å². The monoisotopic (exact) mass is 303 g/mol. The van der Waals surface area contributed by atoms with Crippen molar-refractivity contribution < 1.29 is 13.9 Å². The van der Waals surface area contributed by atoms with Crippen LogP contribution in [-0.4, -0.2) is 31.2 Å². The number of aromatic nitrogens is 1. The molecule has 0 aliphatic heterocycles. The Morgan fingerprint density at radius 2 is 2.09 bits per heavy atom. The van der Waals surface area contributed by atoms with Gasteiger partial charge in [-0.25, -0.2) is 9.37 Å². The first kappa shape index (κ1) is 15.9. The van der Waals surface area contributed by atoms with Gasteiger partial charge in [0.15, 0.2) is 0 Å². The van der Waals surface area contributed by atoms with E-state index < -0.39 is 0 Å². The van der Waals surface area contributed by atoms with Crippen molar-refractivity contribution in [2.45, 2.75) is 6.42 Å². The lowest BCUT2D eigenvalue weighted by Gasteiger charge is -2.08. The van der Waals surface area contributed by atoms with Gasteiger partial charge >= 0.3 is 0 Å². The lowest BCUT2D eigenvalue weighted by Crippen LogP contribution is -2.16. The average Bonchev–Trinajstić information content (AvgIpc) is 2.51. The van der Waals surface area contributed by atoms with Crippen LogP contribution < -0.4 is 10.6 Å². The van der Waals surface area contributed by atoms with Crippen LogP contribution in [0.2, 0.25) is 0 Å². The molecule has 22 heavy (non-hydrogen) atoms. The van der Waals surface area contributed by atoms with Crippen molar-refractivity contribution in [1.82, 2.24) is 4.98 Å². The zero-order valence-corrected chi connectivity index (χ0v) is 12.3. The van der Waals surface area contributed by atoms with E-state index in [-0.39, 0.29) is 18.1 Å². The predicted molar refractivity (Wildman–Crippen MR) is 83.3 cm³/mol. The van der Waals surface area contributed by atoms with Crippen molar-refractivity contribution in [1.29, 1.82) is 0 Å². The number of nitrogens with one attached hydrogen (secondary N) is 2. The molecule has 1 amide bonds. The van der Waals surface area contributed by atoms with Crippen LogP contribution in [0, 0.1) is 5.82 Å². The number of hydrogen-bond donors (Lipinski definition) is 2. The quantitative estimate of drug-likeness (QED) is 0.771. The number of methoxy groups -OCH3 is 1. The van der Waals surface area contributed by atoms with Crippen LogP contribution in [0.25, 0.3) is 0 Å². The molecule has 0 atom stereocenters. The molecule has 6 heteroatoms. The van der Waals surface area contributed by atoms with Gasteiger partial charge in [-0.15, -0.1) is 0 Å². The van der Waals surface area contributed by atoms with E-state index in [0.29, 0.717) is 24.5 Å². The summed E-state index contributed by atoms with van der Waals surface area (Å²) in [6.07, 6.45) is 1.59. The van der Waals surface area contributed by atoms with E-state index in [0.717, 1.165) is 5.69 Å². The Labute approximate surface area is 128 Å². The standard InChI is InChI=1S/C16H18FN3O2/c1-22-9-8-18-13-6-7-15(19-11-13)20-16(21)10-12-4-2-3-5-14(12)17/h2-7,11,18H,8-10H2,1H3,(H,19,20,21). The molecule has 0 radical (unpaired) electrons. The van der Waals surface area contributed by atoms with E-state index in [2.05, 4.69) is 15.6 Å². The number of carbonyl (C=O) groups is 1. The fourth-order valence-corrected chi connectivity index (χ4v) is 1.87. The third kappa shape index (κ3) is 4.82. The molecule has 2 aromatic rings. The fourth-order valence-electron chi connectivity index (χ4n) is 1.87. The Kier molecular flexibility index (Phi) is 5.85. The topological polar surface area (TPSA) is 63.2 Å². The number of hydrogen-bond acceptors (Lipinski definition) is 4. The van der Waals surface area contributed by atoms with Gasteiger partial charge in [0.05, 0.1) is 24.9 Å². The summed E-state index contributed by atoms with van der Waals surface area (Å²) >= 11 is 0. The number of carbonyl (C=O) groups excluding carboxylic acids is 1. The second-order valence-electron chi connectivity index (χ2n) is 4.67. The highest BCUT2D eigenvalue weighted by atomic mass is 19.1. The number of rotatable bonds is 7. The number of halogens is 1. The van der Waals surface area contributed by atoms with Gasteiger partial charge in [-0.3, -0.25) is 4.79 Å². The molecule has 0 saturated heterocycles. The molecule has 1 aromatic heterocycles. The number of anilines is 2. The van der Waals surface area contributed by atoms with Gasteiger partial charge in [0.1, 0.15) is 11.6 Å². The van der Waals surface area contributed by atoms with Crippen LogP contribution in [0.3, 0.4) is 0 Å². The third-order valence-corrected chi connectivity index (χ3v) is 2.98. The first-order valence-electron chi connectivity index (χ1n) is 6.91. The normalized spacial score (nSPS) is 10.3. The molecule has 0 unspecified atom stereocenters. The first-order valence-corrected chi connectivity index (χ1v) is 6.91. The number of benzene rings is 1. The highest BCUT2D eigenvalue weighted by molar-refractivity contribution is 5.91. The van der Waals surface area contributed by atoms with Crippen molar-refractivity contribution in [3.8, 4) is 0 Å². The molecule has 1 heterocycles. The molecule has 0 bridgehead atoms. The lowest BCUT2D eigenvalue weighted by atomic mass is 10.1. The molecule has 2 N–H and O–H groups in total. The van der Waals surface area contributed by atoms with Gasteiger partial charge < -0.3 is 15.4 Å². The molecule has 2 rings (SSSR count). The Morgan fingerprint density at radius 1 is 1.27 bits per heavy atom. The summed E-state index contributed by atoms with van der Waals surface area (Å²) in [5, 5.41) is 5.77. The first-order chi connectivity index (χ1) is 10.7. The third-order valence-electron chi connectivity index (χ3n) is 2.98. The summed E-state index contributed by atoms with van der Waals surface area (Å²) < 4.78 is 18.4. The summed E-state index contributed by atoms with van der Waals surface area (Å²) in [7, 11) is 1.63. The second kappa shape index (κ2) is 8.09. The molecule has 0 spiro atoms. The van der Waals surface area contributed by atoms with Crippen molar-refractivity contribution in [3.05, 3.63) is 54.0 Å². The van der Waals surface area contributed by atoms with Crippen LogP contribution >= 0.6 is 0 Å². The van der Waals surface area contributed by atoms with Crippen molar-refractivity contribution in [2.75, 3.05) is 30.9 Å². The van der Waals surface area contributed by atoms with Crippen LogP contribution in [0.5, 0.6) is 0 Å². The molecule has 116 valence electrons. The van der Waals surface area contributed by atoms with Gasteiger partial charge in [0, 0.05) is 13.7 Å². The second-order valence-corrected chi connectivity index (χ2v) is 4.67. The van der Waals surface area contributed by atoms with Crippen LogP contribution in [0.1, 0.15) is 5.56 Å². The maximum Gasteiger partial charge on any atom is 0.230 e. The van der Waals surface area contributed by atoms with Gasteiger partial charge in [-0.2, -0.15) is 0 Å². The Balaban J connectivity index is 1.88. The number of nitrogens with zero attached hydrogens (tertiary/aromatic N) is 1. The summed E-state index contributed by atoms with van der Waals surface area (Å²) in [4.78, 5) is 16.0. The number of amides is 1.